The van der Waals surface area contributed by atoms with Gasteiger partial charge in [0.1, 0.15) is 12.4 Å². The first-order chi connectivity index (χ1) is 12.9. The molecule has 1 amide bonds. The Morgan fingerprint density at radius 2 is 1.67 bits per heavy atom. The lowest BCUT2D eigenvalue weighted by atomic mass is 10.2. The quantitative estimate of drug-likeness (QED) is 0.672. The minimum atomic E-state index is -0.128. The van der Waals surface area contributed by atoms with E-state index in [1.54, 1.807) is 12.1 Å². The number of hydrogen-bond donors (Lipinski definition) is 1. The maximum atomic E-state index is 12.6. The summed E-state index contributed by atoms with van der Waals surface area (Å²) in [6.45, 7) is 10.4. The van der Waals surface area contributed by atoms with Crippen molar-refractivity contribution in [2.45, 2.75) is 46.4 Å². The third-order valence-electron chi connectivity index (χ3n) is 4.45. The minimum Gasteiger partial charge on any atom is -0.488 e. The number of hydrogen-bond acceptors (Lipinski definition) is 3. The summed E-state index contributed by atoms with van der Waals surface area (Å²) in [6, 6.07) is 15.7. The van der Waals surface area contributed by atoms with E-state index in [-0.39, 0.29) is 5.91 Å². The second-order valence-corrected chi connectivity index (χ2v) is 7.46. The normalized spacial score (nSPS) is 11.3. The van der Waals surface area contributed by atoms with E-state index in [2.05, 4.69) is 37.9 Å². The van der Waals surface area contributed by atoms with Gasteiger partial charge in [0.25, 0.3) is 5.91 Å². The van der Waals surface area contributed by atoms with Crippen LogP contribution in [0.4, 0.5) is 0 Å². The molecule has 0 spiro atoms. The predicted molar refractivity (Wildman–Crippen MR) is 112 cm³/mol. The van der Waals surface area contributed by atoms with Crippen molar-refractivity contribution in [3.63, 3.8) is 0 Å². The highest BCUT2D eigenvalue weighted by Crippen LogP contribution is 2.22. The number of nitrogens with zero attached hydrogens (tertiary/aromatic N) is 1. The van der Waals surface area contributed by atoms with Gasteiger partial charge in [-0.15, -0.1) is 0 Å². The van der Waals surface area contributed by atoms with Crippen molar-refractivity contribution in [2.24, 2.45) is 0 Å². The lowest BCUT2D eigenvalue weighted by molar-refractivity contribution is 0.0935. The molecule has 0 saturated carbocycles. The van der Waals surface area contributed by atoms with Crippen LogP contribution in [-0.2, 0) is 6.61 Å². The van der Waals surface area contributed by atoms with Crippen LogP contribution < -0.4 is 10.1 Å². The topological polar surface area (TPSA) is 41.6 Å². The molecule has 0 aromatic heterocycles. The molecule has 0 aliphatic heterocycles. The summed E-state index contributed by atoms with van der Waals surface area (Å²) in [5, 5.41) is 3.66. The Morgan fingerprint density at radius 3 is 2.33 bits per heavy atom. The van der Waals surface area contributed by atoms with Crippen molar-refractivity contribution in [1.82, 2.24) is 10.2 Å². The maximum absolute atomic E-state index is 12.6. The van der Waals surface area contributed by atoms with Gasteiger partial charge in [-0.2, -0.15) is 0 Å². The molecule has 0 saturated heterocycles. The Labute approximate surface area is 167 Å². The number of benzene rings is 2. The van der Waals surface area contributed by atoms with E-state index in [1.807, 2.05) is 36.4 Å². The number of amides is 1. The fourth-order valence-electron chi connectivity index (χ4n) is 3.06. The van der Waals surface area contributed by atoms with Crippen LogP contribution in [0.2, 0.25) is 5.02 Å². The van der Waals surface area contributed by atoms with Gasteiger partial charge >= 0.3 is 0 Å². The molecule has 0 bridgehead atoms. The minimum absolute atomic E-state index is 0.128. The van der Waals surface area contributed by atoms with Crippen molar-refractivity contribution < 1.29 is 9.53 Å². The molecule has 2 aromatic rings. The molecule has 0 atom stereocenters. The summed E-state index contributed by atoms with van der Waals surface area (Å²) < 4.78 is 5.87. The first-order valence-corrected chi connectivity index (χ1v) is 9.77. The monoisotopic (exact) mass is 388 g/mol. The van der Waals surface area contributed by atoms with Gasteiger partial charge in [0, 0.05) is 35.8 Å². The second-order valence-electron chi connectivity index (χ2n) is 7.06. The smallest absolute Gasteiger partial charge is 0.255 e. The highest BCUT2D eigenvalue weighted by Gasteiger charge is 2.15. The molecule has 0 radical (unpaired) electrons. The van der Waals surface area contributed by atoms with Crippen molar-refractivity contribution in [1.29, 1.82) is 0 Å². The van der Waals surface area contributed by atoms with Gasteiger partial charge < -0.3 is 10.1 Å². The summed E-state index contributed by atoms with van der Waals surface area (Å²) in [6.07, 6.45) is 0. The van der Waals surface area contributed by atoms with Crippen LogP contribution in [-0.4, -0.2) is 36.0 Å². The van der Waals surface area contributed by atoms with Crippen LogP contribution in [0, 0.1) is 0 Å². The molecule has 0 aliphatic rings. The van der Waals surface area contributed by atoms with Gasteiger partial charge in [0.2, 0.25) is 0 Å². The second kappa shape index (κ2) is 10.3. The number of carbonyl (C=O) groups is 1. The number of nitrogens with one attached hydrogen (secondary N) is 1. The summed E-state index contributed by atoms with van der Waals surface area (Å²) in [4.78, 5) is 15.0. The molecule has 2 aromatic carbocycles. The third kappa shape index (κ3) is 6.26. The lowest BCUT2D eigenvalue weighted by Gasteiger charge is -2.30. The van der Waals surface area contributed by atoms with Gasteiger partial charge in [-0.1, -0.05) is 41.9 Å². The Balaban J connectivity index is 1.97. The van der Waals surface area contributed by atoms with E-state index >= 15 is 0 Å². The molecule has 4 nitrogen and oxygen atoms in total. The number of halogens is 1. The fraction of sp³-hybridized carbons (Fsp3) is 0.409. The van der Waals surface area contributed by atoms with Gasteiger partial charge in [0.15, 0.2) is 0 Å². The average Bonchev–Trinajstić information content (AvgIpc) is 2.64. The average molecular weight is 389 g/mol. The van der Waals surface area contributed by atoms with E-state index in [1.165, 1.54) is 0 Å². The first kappa shape index (κ1) is 21.3. The molecule has 0 heterocycles. The maximum Gasteiger partial charge on any atom is 0.255 e. The Morgan fingerprint density at radius 1 is 1.04 bits per heavy atom. The summed E-state index contributed by atoms with van der Waals surface area (Å²) in [7, 11) is 0. The Kier molecular flexibility index (Phi) is 8.14. The predicted octanol–water partition coefficient (Wildman–Crippen LogP) is 4.77. The van der Waals surface area contributed by atoms with E-state index < -0.39 is 0 Å². The number of carbonyl (C=O) groups excluding carboxylic acids is 1. The van der Waals surface area contributed by atoms with E-state index in [4.69, 9.17) is 16.3 Å². The van der Waals surface area contributed by atoms with Gasteiger partial charge in [-0.25, -0.2) is 0 Å². The molecule has 2 rings (SSSR count). The van der Waals surface area contributed by atoms with Crippen molar-refractivity contribution in [2.75, 3.05) is 13.1 Å². The standard InChI is InChI=1S/C22H29ClN2O2/c1-16(2)25(17(3)4)14-13-24-22(26)19-10-6-8-12-21(19)27-15-18-9-5-7-11-20(18)23/h5-12,16-17H,13-15H2,1-4H3,(H,24,26). The van der Waals surface area contributed by atoms with E-state index in [0.717, 1.165) is 12.1 Å². The molecule has 1 N–H and O–H groups in total. The third-order valence-corrected chi connectivity index (χ3v) is 4.82. The molecule has 146 valence electrons. The van der Waals surface area contributed by atoms with Crippen LogP contribution in [0.1, 0.15) is 43.6 Å². The fourth-order valence-corrected chi connectivity index (χ4v) is 3.25. The molecule has 5 heteroatoms. The molecule has 27 heavy (non-hydrogen) atoms. The van der Waals surface area contributed by atoms with Gasteiger partial charge in [-0.05, 0) is 45.9 Å². The number of ether oxygens (including phenoxy) is 1. The number of para-hydroxylation sites is 1. The highest BCUT2D eigenvalue weighted by molar-refractivity contribution is 6.31. The zero-order chi connectivity index (χ0) is 19.8. The lowest BCUT2D eigenvalue weighted by Crippen LogP contribution is -2.42. The SMILES string of the molecule is CC(C)N(CCNC(=O)c1ccccc1OCc1ccccc1Cl)C(C)C. The van der Waals surface area contributed by atoms with Crippen LogP contribution in [0.15, 0.2) is 48.5 Å². The first-order valence-electron chi connectivity index (χ1n) is 9.39. The zero-order valence-electron chi connectivity index (χ0n) is 16.5. The largest absolute Gasteiger partial charge is 0.488 e. The number of rotatable bonds is 9. The Hall–Kier alpha value is -2.04. The van der Waals surface area contributed by atoms with Crippen LogP contribution in [0.3, 0.4) is 0 Å². The molecule has 0 fully saturated rings. The summed E-state index contributed by atoms with van der Waals surface area (Å²) >= 11 is 6.18. The highest BCUT2D eigenvalue weighted by atomic mass is 35.5. The van der Waals surface area contributed by atoms with Crippen LogP contribution in [0.5, 0.6) is 5.75 Å². The zero-order valence-corrected chi connectivity index (χ0v) is 17.3. The summed E-state index contributed by atoms with van der Waals surface area (Å²) in [5.74, 6) is 0.428. The van der Waals surface area contributed by atoms with Crippen molar-refractivity contribution >= 4 is 17.5 Å². The molecular weight excluding hydrogens is 360 g/mol. The Bertz CT molecular complexity index is 739. The van der Waals surface area contributed by atoms with Gasteiger partial charge in [-0.3, -0.25) is 9.69 Å². The van der Waals surface area contributed by atoms with Gasteiger partial charge in [0.05, 0.1) is 5.56 Å². The van der Waals surface area contributed by atoms with Crippen molar-refractivity contribution in [3.05, 3.63) is 64.7 Å². The van der Waals surface area contributed by atoms with Crippen molar-refractivity contribution in [3.8, 4) is 5.75 Å². The molecule has 0 aliphatic carbocycles. The van der Waals surface area contributed by atoms with E-state index in [9.17, 15) is 4.79 Å². The molecule has 0 unspecified atom stereocenters. The van der Waals surface area contributed by atoms with Crippen LogP contribution >= 0.6 is 11.6 Å². The summed E-state index contributed by atoms with van der Waals surface area (Å²) in [5.41, 5.74) is 1.42. The molecular formula is C22H29ClN2O2. The van der Waals surface area contributed by atoms with Crippen LogP contribution in [0.25, 0.3) is 0 Å². The van der Waals surface area contributed by atoms with E-state index in [0.29, 0.717) is 41.6 Å².